The van der Waals surface area contributed by atoms with E-state index in [-0.39, 0.29) is 5.75 Å². The van der Waals surface area contributed by atoms with Crippen LogP contribution in [-0.2, 0) is 15.8 Å². The van der Waals surface area contributed by atoms with E-state index in [0.717, 1.165) is 22.2 Å². The highest BCUT2D eigenvalue weighted by Crippen LogP contribution is 2.31. The molecule has 1 fully saturated rings. The van der Waals surface area contributed by atoms with Crippen molar-refractivity contribution in [2.45, 2.75) is 5.75 Å². The standard InChI is InChI=1S/C19H20ClN3O2S/c20-16-12-18-17(6-7-21-18)19(13-16)22-8-10-23(11-9-22)26(24,25)14-15-4-2-1-3-5-15/h1-7,12-13,21H,8-11,14H2. The van der Waals surface area contributed by atoms with Gasteiger partial charge >= 0.3 is 0 Å². The topological polar surface area (TPSA) is 56.4 Å². The van der Waals surface area contributed by atoms with E-state index >= 15 is 0 Å². The molecule has 0 unspecified atom stereocenters. The molecule has 0 atom stereocenters. The highest BCUT2D eigenvalue weighted by molar-refractivity contribution is 7.88. The number of rotatable bonds is 4. The Morgan fingerprint density at radius 3 is 2.46 bits per heavy atom. The maximum Gasteiger partial charge on any atom is 0.218 e. The number of nitrogens with one attached hydrogen (secondary N) is 1. The van der Waals surface area contributed by atoms with Crippen LogP contribution in [0.4, 0.5) is 5.69 Å². The zero-order valence-corrected chi connectivity index (χ0v) is 15.8. The minimum Gasteiger partial charge on any atom is -0.368 e. The van der Waals surface area contributed by atoms with Gasteiger partial charge in [-0.3, -0.25) is 0 Å². The number of benzene rings is 2. The maximum atomic E-state index is 12.7. The first-order chi connectivity index (χ1) is 12.5. The van der Waals surface area contributed by atoms with Gasteiger partial charge in [0, 0.05) is 54.0 Å². The second-order valence-electron chi connectivity index (χ2n) is 6.49. The summed E-state index contributed by atoms with van der Waals surface area (Å²) in [4.78, 5) is 5.39. The molecule has 26 heavy (non-hydrogen) atoms. The average molecular weight is 390 g/mol. The molecule has 1 aliphatic rings. The fourth-order valence-corrected chi connectivity index (χ4v) is 5.19. The summed E-state index contributed by atoms with van der Waals surface area (Å²) in [5.41, 5.74) is 2.86. The second-order valence-corrected chi connectivity index (χ2v) is 8.90. The highest BCUT2D eigenvalue weighted by atomic mass is 35.5. The molecular formula is C19H20ClN3O2S. The minimum absolute atomic E-state index is 0.0487. The smallest absolute Gasteiger partial charge is 0.218 e. The lowest BCUT2D eigenvalue weighted by Gasteiger charge is -2.35. The summed E-state index contributed by atoms with van der Waals surface area (Å²) in [6.45, 7) is 2.25. The molecule has 136 valence electrons. The second kappa shape index (κ2) is 6.95. The van der Waals surface area contributed by atoms with Gasteiger partial charge in [-0.2, -0.15) is 4.31 Å². The average Bonchev–Trinajstić information content (AvgIpc) is 3.10. The number of aromatic nitrogens is 1. The third-order valence-corrected chi connectivity index (χ3v) is 6.84. The van der Waals surface area contributed by atoms with Crippen molar-refractivity contribution in [1.29, 1.82) is 0 Å². The lowest BCUT2D eigenvalue weighted by atomic mass is 10.2. The number of hydrogen-bond donors (Lipinski definition) is 1. The van der Waals surface area contributed by atoms with Gasteiger partial charge in [0.25, 0.3) is 0 Å². The Hall–Kier alpha value is -2.02. The molecule has 3 aromatic rings. The van der Waals surface area contributed by atoms with Crippen molar-refractivity contribution in [3.05, 3.63) is 65.3 Å². The molecular weight excluding hydrogens is 370 g/mol. The van der Waals surface area contributed by atoms with Crippen LogP contribution in [0.2, 0.25) is 5.02 Å². The number of aromatic amines is 1. The van der Waals surface area contributed by atoms with Crippen LogP contribution < -0.4 is 4.90 Å². The molecule has 4 rings (SSSR count). The molecule has 5 nitrogen and oxygen atoms in total. The Bertz CT molecular complexity index is 1010. The quantitative estimate of drug-likeness (QED) is 0.743. The van der Waals surface area contributed by atoms with Crippen molar-refractivity contribution in [3.63, 3.8) is 0 Å². The van der Waals surface area contributed by atoms with Crippen LogP contribution in [0.1, 0.15) is 5.56 Å². The van der Waals surface area contributed by atoms with Gasteiger partial charge in [-0.1, -0.05) is 41.9 Å². The number of hydrogen-bond acceptors (Lipinski definition) is 3. The highest BCUT2D eigenvalue weighted by Gasteiger charge is 2.27. The van der Waals surface area contributed by atoms with Crippen molar-refractivity contribution in [2.24, 2.45) is 0 Å². The summed E-state index contributed by atoms with van der Waals surface area (Å²) in [5.74, 6) is 0.0487. The van der Waals surface area contributed by atoms with Crippen molar-refractivity contribution in [3.8, 4) is 0 Å². The van der Waals surface area contributed by atoms with Gasteiger partial charge < -0.3 is 9.88 Å². The van der Waals surface area contributed by atoms with E-state index in [1.54, 1.807) is 4.31 Å². The summed E-state index contributed by atoms with van der Waals surface area (Å²) in [5, 5.41) is 1.78. The molecule has 1 N–H and O–H groups in total. The molecule has 1 aliphatic heterocycles. The number of piperazine rings is 1. The molecule has 0 amide bonds. The molecule has 0 spiro atoms. The molecule has 1 aromatic heterocycles. The Morgan fingerprint density at radius 1 is 1.00 bits per heavy atom. The van der Waals surface area contributed by atoms with Crippen LogP contribution in [0, 0.1) is 0 Å². The Kier molecular flexibility index (Phi) is 4.65. The van der Waals surface area contributed by atoms with Crippen molar-refractivity contribution in [1.82, 2.24) is 9.29 Å². The van der Waals surface area contributed by atoms with Gasteiger partial charge in [-0.05, 0) is 23.8 Å². The Morgan fingerprint density at radius 2 is 1.73 bits per heavy atom. The molecule has 0 aliphatic carbocycles. The summed E-state index contributed by atoms with van der Waals surface area (Å²) in [6, 6.07) is 15.2. The van der Waals surface area contributed by atoms with Gasteiger partial charge in [-0.25, -0.2) is 8.42 Å². The summed E-state index contributed by atoms with van der Waals surface area (Å²) in [6.07, 6.45) is 1.89. The lowest BCUT2D eigenvalue weighted by Crippen LogP contribution is -2.49. The number of sulfonamides is 1. The fourth-order valence-electron chi connectivity index (χ4n) is 3.46. The van der Waals surface area contributed by atoms with E-state index in [1.807, 2.05) is 54.7 Å². The van der Waals surface area contributed by atoms with Crippen LogP contribution in [0.5, 0.6) is 0 Å². The van der Waals surface area contributed by atoms with E-state index < -0.39 is 10.0 Å². The molecule has 7 heteroatoms. The van der Waals surface area contributed by atoms with E-state index in [9.17, 15) is 8.42 Å². The van der Waals surface area contributed by atoms with Gasteiger partial charge in [0.15, 0.2) is 0 Å². The monoisotopic (exact) mass is 389 g/mol. The number of anilines is 1. The van der Waals surface area contributed by atoms with E-state index in [1.165, 1.54) is 0 Å². The lowest BCUT2D eigenvalue weighted by molar-refractivity contribution is 0.384. The zero-order valence-electron chi connectivity index (χ0n) is 14.2. The normalized spacial score (nSPS) is 16.3. The van der Waals surface area contributed by atoms with Gasteiger partial charge in [0.2, 0.25) is 10.0 Å². The van der Waals surface area contributed by atoms with Crippen molar-refractivity contribution < 1.29 is 8.42 Å². The van der Waals surface area contributed by atoms with Crippen LogP contribution in [0.15, 0.2) is 54.7 Å². The van der Waals surface area contributed by atoms with Crippen LogP contribution in [0.3, 0.4) is 0 Å². The molecule has 2 heterocycles. The predicted octanol–water partition coefficient (Wildman–Crippen LogP) is 3.47. The van der Waals surface area contributed by atoms with Crippen LogP contribution >= 0.6 is 11.6 Å². The van der Waals surface area contributed by atoms with Crippen molar-refractivity contribution in [2.75, 3.05) is 31.1 Å². The first kappa shape index (κ1) is 17.4. The third kappa shape index (κ3) is 3.45. The Balaban J connectivity index is 1.49. The number of H-pyrrole nitrogens is 1. The first-order valence-electron chi connectivity index (χ1n) is 8.56. The maximum absolute atomic E-state index is 12.7. The largest absolute Gasteiger partial charge is 0.368 e. The Labute approximate surface area is 158 Å². The first-order valence-corrected chi connectivity index (χ1v) is 10.5. The molecule has 1 saturated heterocycles. The van der Waals surface area contributed by atoms with Gasteiger partial charge in [-0.15, -0.1) is 0 Å². The SMILES string of the molecule is O=S(=O)(Cc1ccccc1)N1CCN(c2cc(Cl)cc3[nH]ccc23)CC1. The summed E-state index contributed by atoms with van der Waals surface area (Å²) >= 11 is 6.24. The van der Waals surface area contributed by atoms with E-state index in [4.69, 9.17) is 11.6 Å². The van der Waals surface area contributed by atoms with Crippen molar-refractivity contribution >= 4 is 38.2 Å². The molecule has 0 radical (unpaired) electrons. The summed E-state index contributed by atoms with van der Waals surface area (Å²) in [7, 11) is -3.31. The number of nitrogens with zero attached hydrogens (tertiary/aromatic N) is 2. The molecule has 2 aromatic carbocycles. The third-order valence-electron chi connectivity index (χ3n) is 4.78. The van der Waals surface area contributed by atoms with Gasteiger partial charge in [0.1, 0.15) is 0 Å². The number of halogens is 1. The van der Waals surface area contributed by atoms with E-state index in [0.29, 0.717) is 31.2 Å². The van der Waals surface area contributed by atoms with Crippen LogP contribution in [0.25, 0.3) is 10.9 Å². The predicted molar refractivity (Wildman–Crippen MR) is 106 cm³/mol. The summed E-state index contributed by atoms with van der Waals surface area (Å²) < 4.78 is 27.0. The minimum atomic E-state index is -3.31. The molecule has 0 bridgehead atoms. The van der Waals surface area contributed by atoms with Gasteiger partial charge in [0.05, 0.1) is 5.75 Å². The van der Waals surface area contributed by atoms with Crippen LogP contribution in [-0.4, -0.2) is 43.9 Å². The van der Waals surface area contributed by atoms with E-state index in [2.05, 4.69) is 9.88 Å². The molecule has 0 saturated carbocycles. The fraction of sp³-hybridized carbons (Fsp3) is 0.263. The zero-order chi connectivity index (χ0) is 18.1. The number of fused-ring (bicyclic) bond motifs is 1.